The first-order valence-corrected chi connectivity index (χ1v) is 8.91. The summed E-state index contributed by atoms with van der Waals surface area (Å²) < 4.78 is 0. The van der Waals surface area contributed by atoms with Gasteiger partial charge in [-0.3, -0.25) is 4.79 Å². The Balaban J connectivity index is 1.71. The number of pyridine rings is 1. The number of carbonyl (C=O) groups excluding carboxylic acids is 1. The third-order valence-electron chi connectivity index (χ3n) is 4.33. The second-order valence-corrected chi connectivity index (χ2v) is 6.93. The molecule has 2 fully saturated rings. The quantitative estimate of drug-likeness (QED) is 0.832. The topological polar surface area (TPSA) is 60.2 Å². The lowest BCUT2D eigenvalue weighted by Gasteiger charge is -2.37. The highest BCUT2D eigenvalue weighted by molar-refractivity contribution is 7.99. The van der Waals surface area contributed by atoms with E-state index in [4.69, 9.17) is 0 Å². The molecule has 1 aromatic rings. The van der Waals surface area contributed by atoms with Gasteiger partial charge in [0.15, 0.2) is 5.69 Å². The highest BCUT2D eigenvalue weighted by Crippen LogP contribution is 2.26. The van der Waals surface area contributed by atoms with Crippen LogP contribution in [0.4, 0.5) is 5.69 Å². The number of amides is 1. The van der Waals surface area contributed by atoms with Crippen LogP contribution < -0.4 is 4.90 Å². The second kappa shape index (κ2) is 7.01. The number of anilines is 1. The van der Waals surface area contributed by atoms with Gasteiger partial charge in [-0.25, -0.2) is 4.98 Å². The van der Waals surface area contributed by atoms with Gasteiger partial charge in [-0.05, 0) is 25.0 Å². The van der Waals surface area contributed by atoms with Crippen molar-refractivity contribution in [2.45, 2.75) is 12.8 Å². The summed E-state index contributed by atoms with van der Waals surface area (Å²) in [5.74, 6) is 2.42. The van der Waals surface area contributed by atoms with E-state index in [0.717, 1.165) is 49.7 Å². The summed E-state index contributed by atoms with van der Waals surface area (Å²) in [7, 11) is 0. The summed E-state index contributed by atoms with van der Waals surface area (Å²) in [6.45, 7) is 3.33. The van der Waals surface area contributed by atoms with Gasteiger partial charge in [0.05, 0.1) is 11.6 Å². The van der Waals surface area contributed by atoms with Crippen LogP contribution in [0.5, 0.6) is 0 Å². The monoisotopic (exact) mass is 316 g/mol. The van der Waals surface area contributed by atoms with Gasteiger partial charge in [0.25, 0.3) is 0 Å². The zero-order valence-corrected chi connectivity index (χ0v) is 13.4. The molecule has 1 unspecified atom stereocenters. The summed E-state index contributed by atoms with van der Waals surface area (Å²) in [6, 6.07) is 5.93. The molecular weight excluding hydrogens is 296 g/mol. The molecule has 0 spiro atoms. The fourth-order valence-corrected chi connectivity index (χ4v) is 4.08. The average molecular weight is 316 g/mol. The molecular formula is C16H20N4OS. The van der Waals surface area contributed by atoms with Gasteiger partial charge < -0.3 is 9.80 Å². The third kappa shape index (κ3) is 3.20. The zero-order valence-electron chi connectivity index (χ0n) is 12.6. The number of nitriles is 1. The smallest absolute Gasteiger partial charge is 0.227 e. The summed E-state index contributed by atoms with van der Waals surface area (Å²) in [6.07, 6.45) is 3.57. The van der Waals surface area contributed by atoms with Crippen LogP contribution in [0.2, 0.25) is 0 Å². The molecule has 1 amide bonds. The Morgan fingerprint density at radius 1 is 1.36 bits per heavy atom. The molecule has 0 radical (unpaired) electrons. The van der Waals surface area contributed by atoms with E-state index in [0.29, 0.717) is 12.2 Å². The first-order chi connectivity index (χ1) is 10.8. The number of hydrogen-bond acceptors (Lipinski definition) is 5. The second-order valence-electron chi connectivity index (χ2n) is 5.71. The van der Waals surface area contributed by atoms with Crippen LogP contribution in [-0.2, 0) is 4.79 Å². The van der Waals surface area contributed by atoms with Gasteiger partial charge in [-0.1, -0.05) is 0 Å². The minimum atomic E-state index is 0.0450. The standard InChI is InChI=1S/C16H20N4OS/c17-11-14-15(4-1-5-18-14)20-6-2-3-13(12-20)16(21)19-7-9-22-10-8-19/h1,4-5,13H,2-3,6-10,12H2. The lowest BCUT2D eigenvalue weighted by atomic mass is 9.95. The summed E-state index contributed by atoms with van der Waals surface area (Å²) in [5.41, 5.74) is 1.31. The van der Waals surface area contributed by atoms with E-state index >= 15 is 0 Å². The molecule has 5 nitrogen and oxygen atoms in total. The van der Waals surface area contributed by atoms with Crippen LogP contribution in [0.15, 0.2) is 18.3 Å². The molecule has 0 bridgehead atoms. The van der Waals surface area contributed by atoms with E-state index in [9.17, 15) is 10.1 Å². The van der Waals surface area contributed by atoms with Crippen molar-refractivity contribution in [3.8, 4) is 6.07 Å². The fourth-order valence-electron chi connectivity index (χ4n) is 3.18. The van der Waals surface area contributed by atoms with Crippen LogP contribution in [0.25, 0.3) is 0 Å². The van der Waals surface area contributed by atoms with E-state index in [-0.39, 0.29) is 11.8 Å². The predicted octanol–water partition coefficient (Wildman–Crippen LogP) is 1.75. The van der Waals surface area contributed by atoms with Crippen LogP contribution in [-0.4, -0.2) is 53.5 Å². The third-order valence-corrected chi connectivity index (χ3v) is 5.27. The molecule has 2 aliphatic heterocycles. The number of hydrogen-bond donors (Lipinski definition) is 0. The predicted molar refractivity (Wildman–Crippen MR) is 87.8 cm³/mol. The SMILES string of the molecule is N#Cc1ncccc1N1CCCC(C(=O)N2CCSCC2)C1. The van der Waals surface area contributed by atoms with Crippen molar-refractivity contribution < 1.29 is 4.79 Å². The number of nitrogens with zero attached hydrogens (tertiary/aromatic N) is 4. The molecule has 3 rings (SSSR count). The Hall–Kier alpha value is -1.74. The molecule has 6 heteroatoms. The molecule has 22 heavy (non-hydrogen) atoms. The summed E-state index contributed by atoms with van der Waals surface area (Å²) in [4.78, 5) is 21.0. The molecule has 0 aliphatic carbocycles. The Kier molecular flexibility index (Phi) is 4.84. The van der Waals surface area contributed by atoms with Gasteiger partial charge in [0.2, 0.25) is 5.91 Å². The van der Waals surface area contributed by atoms with Crippen molar-refractivity contribution in [2.75, 3.05) is 42.6 Å². The molecule has 0 saturated carbocycles. The average Bonchev–Trinajstić information content (AvgIpc) is 2.62. The minimum Gasteiger partial charge on any atom is -0.368 e. The van der Waals surface area contributed by atoms with Gasteiger partial charge in [0.1, 0.15) is 6.07 Å². The van der Waals surface area contributed by atoms with Gasteiger partial charge >= 0.3 is 0 Å². The van der Waals surface area contributed by atoms with Crippen molar-refractivity contribution >= 4 is 23.4 Å². The minimum absolute atomic E-state index is 0.0450. The highest BCUT2D eigenvalue weighted by Gasteiger charge is 2.30. The van der Waals surface area contributed by atoms with Crippen molar-refractivity contribution in [3.63, 3.8) is 0 Å². The maximum atomic E-state index is 12.7. The lowest BCUT2D eigenvalue weighted by Crippen LogP contribution is -2.47. The number of thioether (sulfide) groups is 1. The van der Waals surface area contributed by atoms with Gasteiger partial charge in [-0.2, -0.15) is 17.0 Å². The number of aromatic nitrogens is 1. The van der Waals surface area contributed by atoms with E-state index in [1.807, 2.05) is 28.8 Å². The van der Waals surface area contributed by atoms with Crippen LogP contribution in [0.1, 0.15) is 18.5 Å². The Labute approximate surface area is 135 Å². The summed E-state index contributed by atoms with van der Waals surface area (Å²) >= 11 is 1.92. The first-order valence-electron chi connectivity index (χ1n) is 7.76. The number of piperidine rings is 1. The van der Waals surface area contributed by atoms with Crippen molar-refractivity contribution in [1.29, 1.82) is 5.26 Å². The first kappa shape index (κ1) is 15.2. The lowest BCUT2D eigenvalue weighted by molar-refractivity contribution is -0.135. The Morgan fingerprint density at radius 2 is 2.18 bits per heavy atom. The van der Waals surface area contributed by atoms with Crippen molar-refractivity contribution in [2.24, 2.45) is 5.92 Å². The van der Waals surface area contributed by atoms with Crippen LogP contribution in [0.3, 0.4) is 0 Å². The molecule has 3 heterocycles. The molecule has 116 valence electrons. The Morgan fingerprint density at radius 3 is 2.95 bits per heavy atom. The highest BCUT2D eigenvalue weighted by atomic mass is 32.2. The molecule has 2 aliphatic rings. The molecule has 0 N–H and O–H groups in total. The van der Waals surface area contributed by atoms with Gasteiger partial charge in [0, 0.05) is 43.9 Å². The maximum absolute atomic E-state index is 12.7. The van der Waals surface area contributed by atoms with Gasteiger partial charge in [-0.15, -0.1) is 0 Å². The molecule has 1 aromatic heterocycles. The largest absolute Gasteiger partial charge is 0.368 e. The van der Waals surface area contributed by atoms with E-state index < -0.39 is 0 Å². The van der Waals surface area contributed by atoms with E-state index in [2.05, 4.69) is 16.0 Å². The van der Waals surface area contributed by atoms with E-state index in [1.165, 1.54) is 0 Å². The fraction of sp³-hybridized carbons (Fsp3) is 0.562. The maximum Gasteiger partial charge on any atom is 0.227 e. The van der Waals surface area contributed by atoms with Crippen molar-refractivity contribution in [1.82, 2.24) is 9.88 Å². The molecule has 0 aromatic carbocycles. The molecule has 2 saturated heterocycles. The number of carbonyl (C=O) groups is 1. The Bertz CT molecular complexity index is 580. The summed E-state index contributed by atoms with van der Waals surface area (Å²) in [5, 5.41) is 9.21. The van der Waals surface area contributed by atoms with Crippen LogP contribution in [0, 0.1) is 17.2 Å². The normalized spacial score (nSPS) is 22.2. The van der Waals surface area contributed by atoms with Crippen LogP contribution >= 0.6 is 11.8 Å². The van der Waals surface area contributed by atoms with E-state index in [1.54, 1.807) is 6.20 Å². The zero-order chi connectivity index (χ0) is 15.4. The number of rotatable bonds is 2. The molecule has 1 atom stereocenters. The van der Waals surface area contributed by atoms with Crippen molar-refractivity contribution in [3.05, 3.63) is 24.0 Å².